The number of carbonyl (C=O) groups is 2. The number of methoxy groups -OCH3 is 1. The highest BCUT2D eigenvalue weighted by Crippen LogP contribution is 2.33. The Labute approximate surface area is 253 Å². The highest BCUT2D eigenvalue weighted by atomic mass is 16.5. The fourth-order valence-electron chi connectivity index (χ4n) is 6.33. The molecule has 0 radical (unpaired) electrons. The molecule has 11 nitrogen and oxygen atoms in total. The molecule has 43 heavy (non-hydrogen) atoms. The van der Waals surface area contributed by atoms with E-state index in [0.29, 0.717) is 57.1 Å². The Kier molecular flexibility index (Phi) is 9.58. The van der Waals surface area contributed by atoms with E-state index < -0.39 is 6.10 Å². The maximum Gasteiger partial charge on any atom is 0.319 e. The number of likely N-dealkylation sites (N-methyl/N-ethyl adjacent to an activating group) is 1. The van der Waals surface area contributed by atoms with Gasteiger partial charge in [-0.2, -0.15) is 15.2 Å². The standard InChI is InChI=1S/C32H40N6O5/c1-5-24-29(30(40)27-17-25-21(19-42-27)9-7-11-26(25)41-4)34-32(43-20-23-10-8-14-36(23)3)35-31(24)37-15-16-38(28(39)6-2)22(18-37)12-13-33/h6-7,9,11,22-23,27H,2,5,8,10,12,14-20H2,1,3-4H3/t22?,23?,27-/m1/s1. The van der Waals surface area contributed by atoms with Crippen molar-refractivity contribution in [1.82, 2.24) is 19.8 Å². The lowest BCUT2D eigenvalue weighted by atomic mass is 9.93. The van der Waals surface area contributed by atoms with Crippen LogP contribution < -0.4 is 14.4 Å². The second kappa shape index (κ2) is 13.5. The van der Waals surface area contributed by atoms with Crippen LogP contribution in [0.5, 0.6) is 11.8 Å². The highest BCUT2D eigenvalue weighted by molar-refractivity contribution is 6.00. The number of nitrogens with zero attached hydrogens (tertiary/aromatic N) is 6. The Morgan fingerprint density at radius 3 is 2.77 bits per heavy atom. The zero-order valence-electron chi connectivity index (χ0n) is 25.3. The van der Waals surface area contributed by atoms with E-state index in [9.17, 15) is 14.9 Å². The third-order valence-electron chi connectivity index (χ3n) is 8.77. The van der Waals surface area contributed by atoms with Crippen LogP contribution in [0.25, 0.3) is 0 Å². The van der Waals surface area contributed by atoms with E-state index in [0.717, 1.165) is 36.3 Å². The van der Waals surface area contributed by atoms with Crippen molar-refractivity contribution in [2.75, 3.05) is 51.8 Å². The van der Waals surface area contributed by atoms with Crippen molar-refractivity contribution < 1.29 is 23.8 Å². The fraction of sp³-hybridized carbons (Fsp3) is 0.531. The van der Waals surface area contributed by atoms with Crippen molar-refractivity contribution in [1.29, 1.82) is 5.26 Å². The number of benzene rings is 1. The maximum atomic E-state index is 14.2. The number of rotatable bonds is 10. The smallest absolute Gasteiger partial charge is 0.319 e. The number of hydrogen-bond donors (Lipinski definition) is 0. The Hall–Kier alpha value is -4.01. The fourth-order valence-corrected chi connectivity index (χ4v) is 6.33. The number of Topliss-reactive ketones (excluding diaryl/α,β-unsaturated/α-hetero) is 1. The van der Waals surface area contributed by atoms with E-state index >= 15 is 0 Å². The van der Waals surface area contributed by atoms with Crippen LogP contribution in [-0.4, -0.2) is 96.6 Å². The van der Waals surface area contributed by atoms with Gasteiger partial charge in [0.25, 0.3) is 0 Å². The number of carbonyl (C=O) groups excluding carboxylic acids is 2. The molecule has 1 aromatic heterocycles. The zero-order valence-corrected chi connectivity index (χ0v) is 25.3. The summed E-state index contributed by atoms with van der Waals surface area (Å²) < 4.78 is 17.8. The molecule has 3 aliphatic rings. The highest BCUT2D eigenvalue weighted by Gasteiger charge is 2.35. The van der Waals surface area contributed by atoms with E-state index in [1.807, 2.05) is 30.0 Å². The Balaban J connectivity index is 1.50. The van der Waals surface area contributed by atoms with Gasteiger partial charge in [-0.05, 0) is 50.6 Å². The Morgan fingerprint density at radius 1 is 1.23 bits per heavy atom. The minimum absolute atomic E-state index is 0.145. The molecule has 0 N–H and O–H groups in total. The number of ketones is 1. The molecule has 1 aromatic carbocycles. The first kappa shape index (κ1) is 30.4. The summed E-state index contributed by atoms with van der Waals surface area (Å²) in [6, 6.07) is 8.05. The molecule has 11 heteroatoms. The van der Waals surface area contributed by atoms with E-state index in [-0.39, 0.29) is 41.9 Å². The topological polar surface area (TPSA) is 121 Å². The molecule has 4 heterocycles. The lowest BCUT2D eigenvalue weighted by Crippen LogP contribution is -2.55. The number of likely N-dealkylation sites (tertiary alicyclic amines) is 1. The third-order valence-corrected chi connectivity index (χ3v) is 8.77. The molecule has 2 fully saturated rings. The number of piperazine rings is 1. The van der Waals surface area contributed by atoms with Gasteiger partial charge in [0.15, 0.2) is 0 Å². The van der Waals surface area contributed by atoms with Crippen LogP contribution in [0.15, 0.2) is 30.9 Å². The number of nitriles is 1. The summed E-state index contributed by atoms with van der Waals surface area (Å²) in [7, 11) is 3.70. The van der Waals surface area contributed by atoms with Crippen LogP contribution in [0.3, 0.4) is 0 Å². The van der Waals surface area contributed by atoms with Gasteiger partial charge in [-0.25, -0.2) is 0 Å². The van der Waals surface area contributed by atoms with Crippen molar-refractivity contribution in [3.05, 3.63) is 53.2 Å². The third kappa shape index (κ3) is 6.36. The largest absolute Gasteiger partial charge is 0.496 e. The Bertz CT molecular complexity index is 1390. The summed E-state index contributed by atoms with van der Waals surface area (Å²) in [6.45, 7) is 8.59. The van der Waals surface area contributed by atoms with Gasteiger partial charge in [0.05, 0.1) is 32.2 Å². The van der Waals surface area contributed by atoms with Crippen molar-refractivity contribution in [3.8, 4) is 17.8 Å². The van der Waals surface area contributed by atoms with E-state index in [1.165, 1.54) is 6.08 Å². The van der Waals surface area contributed by atoms with Gasteiger partial charge in [0.2, 0.25) is 11.7 Å². The molecule has 3 atom stereocenters. The molecule has 5 rings (SSSR count). The number of amides is 1. The summed E-state index contributed by atoms with van der Waals surface area (Å²) in [5, 5.41) is 9.51. The summed E-state index contributed by atoms with van der Waals surface area (Å²) >= 11 is 0. The van der Waals surface area contributed by atoms with E-state index in [1.54, 1.807) is 12.0 Å². The van der Waals surface area contributed by atoms with Crippen LogP contribution in [0.1, 0.15) is 53.4 Å². The van der Waals surface area contributed by atoms with Gasteiger partial charge >= 0.3 is 6.01 Å². The van der Waals surface area contributed by atoms with Crippen LogP contribution in [0.4, 0.5) is 5.82 Å². The lowest BCUT2D eigenvalue weighted by Gasteiger charge is -2.41. The zero-order chi connectivity index (χ0) is 30.5. The number of ether oxygens (including phenoxy) is 3. The van der Waals surface area contributed by atoms with Gasteiger partial charge in [-0.15, -0.1) is 0 Å². The maximum absolute atomic E-state index is 14.2. The van der Waals surface area contributed by atoms with Crippen LogP contribution in [0, 0.1) is 11.3 Å². The van der Waals surface area contributed by atoms with Crippen molar-refractivity contribution in [2.24, 2.45) is 0 Å². The van der Waals surface area contributed by atoms with Crippen LogP contribution in [-0.2, 0) is 29.0 Å². The molecular weight excluding hydrogens is 548 g/mol. The number of aromatic nitrogens is 2. The molecule has 0 saturated carbocycles. The number of anilines is 1. The first-order valence-electron chi connectivity index (χ1n) is 15.0. The monoisotopic (exact) mass is 588 g/mol. The second-order valence-electron chi connectivity index (χ2n) is 11.3. The van der Waals surface area contributed by atoms with Gasteiger partial charge in [-0.3, -0.25) is 9.59 Å². The second-order valence-corrected chi connectivity index (χ2v) is 11.3. The van der Waals surface area contributed by atoms with Gasteiger partial charge in [0, 0.05) is 43.2 Å². The summed E-state index contributed by atoms with van der Waals surface area (Å²) in [6.07, 6.45) is 3.71. The molecule has 228 valence electrons. The molecular formula is C32H40N6O5. The minimum atomic E-state index is -0.737. The average molecular weight is 589 g/mol. The molecule has 2 aromatic rings. The molecule has 2 unspecified atom stereocenters. The van der Waals surface area contributed by atoms with Gasteiger partial charge in [-0.1, -0.05) is 25.6 Å². The SMILES string of the molecule is C=CC(=O)N1CCN(c2nc(OCC3CCCN3C)nc(C(=O)[C@H]3Cc4c(cccc4OC)CO3)c2CC)CC1CC#N. The molecule has 0 aliphatic carbocycles. The summed E-state index contributed by atoms with van der Waals surface area (Å²) in [5.41, 5.74) is 2.95. The number of hydrogen-bond acceptors (Lipinski definition) is 10. The lowest BCUT2D eigenvalue weighted by molar-refractivity contribution is -0.128. The van der Waals surface area contributed by atoms with E-state index in [4.69, 9.17) is 24.2 Å². The first-order chi connectivity index (χ1) is 20.9. The molecule has 0 spiro atoms. The van der Waals surface area contributed by atoms with Crippen LogP contribution >= 0.6 is 0 Å². The summed E-state index contributed by atoms with van der Waals surface area (Å²) in [5.74, 6) is 0.897. The number of fused-ring (bicyclic) bond motifs is 1. The predicted molar refractivity (Wildman–Crippen MR) is 160 cm³/mol. The van der Waals surface area contributed by atoms with Crippen molar-refractivity contribution >= 4 is 17.5 Å². The normalized spacial score (nSPS) is 22.0. The van der Waals surface area contributed by atoms with Gasteiger partial charge in [0.1, 0.15) is 30.0 Å². The summed E-state index contributed by atoms with van der Waals surface area (Å²) in [4.78, 5) is 42.2. The minimum Gasteiger partial charge on any atom is -0.496 e. The van der Waals surface area contributed by atoms with E-state index in [2.05, 4.69) is 24.6 Å². The molecule has 2 saturated heterocycles. The first-order valence-corrected chi connectivity index (χ1v) is 15.0. The predicted octanol–water partition coefficient (Wildman–Crippen LogP) is 2.96. The quantitative estimate of drug-likeness (QED) is 0.303. The Morgan fingerprint density at radius 2 is 2.07 bits per heavy atom. The van der Waals surface area contributed by atoms with Gasteiger partial charge < -0.3 is 28.9 Å². The molecule has 1 amide bonds. The average Bonchev–Trinajstić information content (AvgIpc) is 3.46. The molecule has 3 aliphatic heterocycles. The molecule has 0 bridgehead atoms. The van der Waals surface area contributed by atoms with Crippen molar-refractivity contribution in [3.63, 3.8) is 0 Å². The van der Waals surface area contributed by atoms with Crippen molar-refractivity contribution in [2.45, 2.75) is 63.8 Å². The van der Waals surface area contributed by atoms with Crippen LogP contribution in [0.2, 0.25) is 0 Å².